The second kappa shape index (κ2) is 7.42. The Kier molecular flexibility index (Phi) is 5.08. The summed E-state index contributed by atoms with van der Waals surface area (Å²) in [6.45, 7) is 5.54. The number of nitrogens with one attached hydrogen (secondary N) is 2. The first-order valence-corrected chi connectivity index (χ1v) is 8.23. The zero-order valence-electron chi connectivity index (χ0n) is 13.6. The number of carbonyl (C=O) groups is 1. The minimum atomic E-state index is 0.239. The molecule has 0 spiro atoms. The summed E-state index contributed by atoms with van der Waals surface area (Å²) < 4.78 is 0. The average molecular weight is 312 g/mol. The Labute approximate surface area is 137 Å². The van der Waals surface area contributed by atoms with Gasteiger partial charge in [-0.05, 0) is 30.4 Å². The number of aryl methyl sites for hydroxylation is 1. The Balaban J connectivity index is 1.41. The highest BCUT2D eigenvalue weighted by Gasteiger charge is 2.25. The van der Waals surface area contributed by atoms with Gasteiger partial charge in [0.1, 0.15) is 0 Å². The normalized spacial score (nSPS) is 17.6. The van der Waals surface area contributed by atoms with E-state index in [2.05, 4.69) is 22.4 Å². The number of rotatable bonds is 6. The molecule has 23 heavy (non-hydrogen) atoms. The molecular formula is C18H24N4O. The van der Waals surface area contributed by atoms with E-state index in [4.69, 9.17) is 0 Å². The lowest BCUT2D eigenvalue weighted by Crippen LogP contribution is -2.32. The standard InChI is InChI=1S/C18H24N4O/c1-14-10-20-21-17(14)12-19-11-16-7-8-22(13-16)18(23)9-15-5-3-2-4-6-15/h2-6,10,16,19H,7-9,11-13H2,1H3,(H,20,21). The summed E-state index contributed by atoms with van der Waals surface area (Å²) in [5.74, 6) is 0.779. The van der Waals surface area contributed by atoms with Crippen molar-refractivity contribution in [3.63, 3.8) is 0 Å². The van der Waals surface area contributed by atoms with E-state index in [9.17, 15) is 4.79 Å². The smallest absolute Gasteiger partial charge is 0.226 e. The van der Waals surface area contributed by atoms with Crippen molar-refractivity contribution in [2.24, 2.45) is 5.92 Å². The van der Waals surface area contributed by atoms with Crippen molar-refractivity contribution in [3.8, 4) is 0 Å². The maximum Gasteiger partial charge on any atom is 0.226 e. The summed E-state index contributed by atoms with van der Waals surface area (Å²) in [7, 11) is 0. The fourth-order valence-corrected chi connectivity index (χ4v) is 3.06. The van der Waals surface area contributed by atoms with Crippen molar-refractivity contribution in [1.82, 2.24) is 20.4 Å². The maximum atomic E-state index is 12.4. The first-order chi connectivity index (χ1) is 11.2. The second-order valence-electron chi connectivity index (χ2n) is 6.32. The molecule has 1 aliphatic heterocycles. The van der Waals surface area contributed by atoms with Crippen LogP contribution in [0.5, 0.6) is 0 Å². The van der Waals surface area contributed by atoms with Crippen LogP contribution < -0.4 is 5.32 Å². The molecule has 1 aromatic heterocycles. The van der Waals surface area contributed by atoms with E-state index in [0.29, 0.717) is 12.3 Å². The van der Waals surface area contributed by atoms with Crippen LogP contribution in [0.4, 0.5) is 0 Å². The number of amides is 1. The zero-order chi connectivity index (χ0) is 16.1. The molecule has 0 radical (unpaired) electrons. The van der Waals surface area contributed by atoms with E-state index in [-0.39, 0.29) is 5.91 Å². The predicted molar refractivity (Wildman–Crippen MR) is 89.9 cm³/mol. The van der Waals surface area contributed by atoms with Crippen molar-refractivity contribution in [1.29, 1.82) is 0 Å². The van der Waals surface area contributed by atoms with Crippen LogP contribution in [0.25, 0.3) is 0 Å². The first kappa shape index (κ1) is 15.7. The Morgan fingerprint density at radius 1 is 1.39 bits per heavy atom. The largest absolute Gasteiger partial charge is 0.342 e. The molecule has 122 valence electrons. The van der Waals surface area contributed by atoms with Gasteiger partial charge in [-0.15, -0.1) is 0 Å². The van der Waals surface area contributed by atoms with Crippen LogP contribution in [0.3, 0.4) is 0 Å². The van der Waals surface area contributed by atoms with Gasteiger partial charge in [-0.25, -0.2) is 0 Å². The SMILES string of the molecule is Cc1cn[nH]c1CNCC1CCN(C(=O)Cc2ccccc2)C1. The van der Waals surface area contributed by atoms with E-state index in [0.717, 1.165) is 43.9 Å². The summed E-state index contributed by atoms with van der Waals surface area (Å²) in [4.78, 5) is 14.4. The van der Waals surface area contributed by atoms with Gasteiger partial charge in [0.25, 0.3) is 0 Å². The molecule has 2 aromatic rings. The minimum absolute atomic E-state index is 0.239. The second-order valence-corrected chi connectivity index (χ2v) is 6.32. The van der Waals surface area contributed by atoms with Crippen LogP contribution >= 0.6 is 0 Å². The summed E-state index contributed by atoms with van der Waals surface area (Å²) in [6.07, 6.45) is 3.43. The molecule has 1 atom stereocenters. The quantitative estimate of drug-likeness (QED) is 0.856. The molecule has 2 heterocycles. The zero-order valence-corrected chi connectivity index (χ0v) is 13.6. The number of H-pyrrole nitrogens is 1. The fourth-order valence-electron chi connectivity index (χ4n) is 3.06. The number of nitrogens with zero attached hydrogens (tertiary/aromatic N) is 2. The molecule has 1 saturated heterocycles. The van der Waals surface area contributed by atoms with Gasteiger partial charge >= 0.3 is 0 Å². The van der Waals surface area contributed by atoms with E-state index in [1.807, 2.05) is 41.4 Å². The van der Waals surface area contributed by atoms with Gasteiger partial charge in [0.15, 0.2) is 0 Å². The molecule has 5 heteroatoms. The monoisotopic (exact) mass is 312 g/mol. The Morgan fingerprint density at radius 3 is 2.96 bits per heavy atom. The number of benzene rings is 1. The molecule has 1 aliphatic rings. The molecule has 5 nitrogen and oxygen atoms in total. The molecule has 1 aromatic carbocycles. The highest BCUT2D eigenvalue weighted by atomic mass is 16.2. The van der Waals surface area contributed by atoms with E-state index in [1.54, 1.807) is 0 Å². The molecule has 1 amide bonds. The lowest BCUT2D eigenvalue weighted by atomic mass is 10.1. The number of aromatic amines is 1. The van der Waals surface area contributed by atoms with Crippen LogP contribution in [0.2, 0.25) is 0 Å². The molecule has 0 aliphatic carbocycles. The van der Waals surface area contributed by atoms with Gasteiger partial charge < -0.3 is 10.2 Å². The van der Waals surface area contributed by atoms with Crippen LogP contribution in [0.15, 0.2) is 36.5 Å². The van der Waals surface area contributed by atoms with Crippen molar-refractivity contribution in [3.05, 3.63) is 53.3 Å². The van der Waals surface area contributed by atoms with Crippen LogP contribution in [-0.2, 0) is 17.8 Å². The summed E-state index contributed by atoms with van der Waals surface area (Å²) in [5, 5.41) is 10.5. The minimum Gasteiger partial charge on any atom is -0.342 e. The van der Waals surface area contributed by atoms with Gasteiger partial charge in [0, 0.05) is 26.2 Å². The van der Waals surface area contributed by atoms with Gasteiger partial charge in [-0.3, -0.25) is 9.89 Å². The molecular weight excluding hydrogens is 288 g/mol. The topological polar surface area (TPSA) is 61.0 Å². The van der Waals surface area contributed by atoms with Crippen molar-refractivity contribution in [2.75, 3.05) is 19.6 Å². The third-order valence-electron chi connectivity index (χ3n) is 4.51. The molecule has 1 unspecified atom stereocenters. The summed E-state index contributed by atoms with van der Waals surface area (Å²) in [6, 6.07) is 9.97. The molecule has 1 fully saturated rings. The Morgan fingerprint density at radius 2 is 2.22 bits per heavy atom. The highest BCUT2D eigenvalue weighted by Crippen LogP contribution is 2.17. The fraction of sp³-hybridized carbons (Fsp3) is 0.444. The summed E-state index contributed by atoms with van der Waals surface area (Å²) in [5.41, 5.74) is 3.41. The maximum absolute atomic E-state index is 12.4. The van der Waals surface area contributed by atoms with Crippen LogP contribution in [0.1, 0.15) is 23.2 Å². The van der Waals surface area contributed by atoms with Crippen molar-refractivity contribution < 1.29 is 4.79 Å². The van der Waals surface area contributed by atoms with E-state index in [1.165, 1.54) is 5.56 Å². The Bertz CT molecular complexity index is 637. The summed E-state index contributed by atoms with van der Waals surface area (Å²) >= 11 is 0. The third-order valence-corrected chi connectivity index (χ3v) is 4.51. The Hall–Kier alpha value is -2.14. The number of hydrogen-bond acceptors (Lipinski definition) is 3. The molecule has 0 bridgehead atoms. The average Bonchev–Trinajstić information content (AvgIpc) is 3.18. The molecule has 3 rings (SSSR count). The van der Waals surface area contributed by atoms with Crippen LogP contribution in [-0.4, -0.2) is 40.6 Å². The first-order valence-electron chi connectivity index (χ1n) is 8.23. The van der Waals surface area contributed by atoms with E-state index < -0.39 is 0 Å². The van der Waals surface area contributed by atoms with Gasteiger partial charge in [0.2, 0.25) is 5.91 Å². The molecule has 0 saturated carbocycles. The lowest BCUT2D eigenvalue weighted by molar-refractivity contribution is -0.129. The van der Waals surface area contributed by atoms with Gasteiger partial charge in [-0.2, -0.15) is 5.10 Å². The molecule has 2 N–H and O–H groups in total. The number of hydrogen-bond donors (Lipinski definition) is 2. The predicted octanol–water partition coefficient (Wildman–Crippen LogP) is 1.90. The van der Waals surface area contributed by atoms with Crippen molar-refractivity contribution in [2.45, 2.75) is 26.3 Å². The highest BCUT2D eigenvalue weighted by molar-refractivity contribution is 5.79. The third kappa shape index (κ3) is 4.20. The number of aromatic nitrogens is 2. The van der Waals surface area contributed by atoms with Gasteiger partial charge in [0.05, 0.1) is 18.3 Å². The van der Waals surface area contributed by atoms with Crippen molar-refractivity contribution >= 4 is 5.91 Å². The number of carbonyl (C=O) groups excluding carboxylic acids is 1. The van der Waals surface area contributed by atoms with Crippen LogP contribution in [0, 0.1) is 12.8 Å². The van der Waals surface area contributed by atoms with E-state index >= 15 is 0 Å². The lowest BCUT2D eigenvalue weighted by Gasteiger charge is -2.17. The van der Waals surface area contributed by atoms with Gasteiger partial charge in [-0.1, -0.05) is 30.3 Å². The number of likely N-dealkylation sites (tertiary alicyclic amines) is 1.